The lowest BCUT2D eigenvalue weighted by Crippen LogP contribution is -2.54. The minimum atomic E-state index is -0.365. The molecule has 3 aliphatic rings. The van der Waals surface area contributed by atoms with Gasteiger partial charge in [0.15, 0.2) is 6.29 Å². The smallest absolute Gasteiger partial charge is 0.261 e. The van der Waals surface area contributed by atoms with Crippen LogP contribution in [0.25, 0.3) is 0 Å². The standard InChI is InChI=1S/C16H18N2O4/c1-17-16(6-7-16)15-21-8-10(9-22-15)18-13(19)11-4-2-3-5-12(11)14(18)20/h2-5,10,15,17H,6-9H2,1H3. The first-order valence-corrected chi connectivity index (χ1v) is 7.55. The van der Waals surface area contributed by atoms with E-state index in [-0.39, 0.29) is 29.7 Å². The normalized spacial score (nSPS) is 29.6. The van der Waals surface area contributed by atoms with Crippen molar-refractivity contribution in [3.8, 4) is 0 Å². The highest BCUT2D eigenvalue weighted by molar-refractivity contribution is 6.21. The summed E-state index contributed by atoms with van der Waals surface area (Å²) in [5, 5.41) is 3.24. The molecule has 0 unspecified atom stereocenters. The number of rotatable bonds is 3. The highest BCUT2D eigenvalue weighted by Crippen LogP contribution is 2.41. The summed E-state index contributed by atoms with van der Waals surface area (Å²) in [6, 6.07) is 6.53. The molecular formula is C16H18N2O4. The third kappa shape index (κ3) is 1.91. The number of fused-ring (bicyclic) bond motifs is 1. The minimum absolute atomic E-state index is 0.0903. The van der Waals surface area contributed by atoms with Gasteiger partial charge < -0.3 is 14.8 Å². The van der Waals surface area contributed by atoms with Crippen LogP contribution >= 0.6 is 0 Å². The van der Waals surface area contributed by atoms with Gasteiger partial charge in [-0.25, -0.2) is 0 Å². The summed E-state index contributed by atoms with van der Waals surface area (Å²) < 4.78 is 11.6. The molecule has 2 heterocycles. The van der Waals surface area contributed by atoms with E-state index in [0.29, 0.717) is 24.3 Å². The van der Waals surface area contributed by atoms with Gasteiger partial charge in [-0.2, -0.15) is 0 Å². The zero-order valence-corrected chi connectivity index (χ0v) is 12.4. The van der Waals surface area contributed by atoms with Crippen LogP contribution in [0.5, 0.6) is 0 Å². The van der Waals surface area contributed by atoms with E-state index in [9.17, 15) is 9.59 Å². The van der Waals surface area contributed by atoms with Crippen molar-refractivity contribution in [3.63, 3.8) is 0 Å². The van der Waals surface area contributed by atoms with E-state index in [2.05, 4.69) is 5.32 Å². The molecule has 0 aromatic heterocycles. The molecule has 1 saturated heterocycles. The summed E-state index contributed by atoms with van der Waals surface area (Å²) in [5.74, 6) is -0.517. The Morgan fingerprint density at radius 2 is 1.64 bits per heavy atom. The van der Waals surface area contributed by atoms with Gasteiger partial charge in [0.2, 0.25) is 0 Å². The van der Waals surface area contributed by atoms with E-state index in [1.54, 1.807) is 24.3 Å². The highest BCUT2D eigenvalue weighted by atomic mass is 16.7. The van der Waals surface area contributed by atoms with Crippen molar-refractivity contribution in [2.24, 2.45) is 0 Å². The largest absolute Gasteiger partial charge is 0.348 e. The van der Waals surface area contributed by atoms with Crippen LogP contribution in [-0.2, 0) is 9.47 Å². The Kier molecular flexibility index (Phi) is 3.07. The van der Waals surface area contributed by atoms with E-state index >= 15 is 0 Å². The Balaban J connectivity index is 1.49. The Morgan fingerprint density at radius 1 is 1.09 bits per heavy atom. The fourth-order valence-corrected chi connectivity index (χ4v) is 3.24. The maximum atomic E-state index is 12.4. The first kappa shape index (κ1) is 13.9. The first-order valence-electron chi connectivity index (χ1n) is 7.55. The Bertz CT molecular complexity index is 598. The summed E-state index contributed by atoms with van der Waals surface area (Å²) in [7, 11) is 1.90. The number of nitrogens with zero attached hydrogens (tertiary/aromatic N) is 1. The second kappa shape index (κ2) is 4.87. The molecule has 1 N–H and O–H groups in total. The molecule has 1 aromatic rings. The number of nitrogens with one attached hydrogen (secondary N) is 1. The van der Waals surface area contributed by atoms with E-state index in [1.807, 2.05) is 7.05 Å². The van der Waals surface area contributed by atoms with E-state index in [1.165, 1.54) is 4.90 Å². The van der Waals surface area contributed by atoms with Gasteiger partial charge in [0.1, 0.15) is 0 Å². The molecule has 6 heteroatoms. The molecule has 4 rings (SSSR count). The fourth-order valence-electron chi connectivity index (χ4n) is 3.24. The molecular weight excluding hydrogens is 284 g/mol. The number of ether oxygens (including phenoxy) is 2. The minimum Gasteiger partial charge on any atom is -0.348 e. The van der Waals surface area contributed by atoms with Gasteiger partial charge in [0.25, 0.3) is 11.8 Å². The lowest BCUT2D eigenvalue weighted by atomic mass is 10.1. The summed E-state index contributed by atoms with van der Waals surface area (Å²) in [6.07, 6.45) is 1.74. The van der Waals surface area contributed by atoms with Crippen molar-refractivity contribution in [2.45, 2.75) is 30.7 Å². The predicted molar refractivity (Wildman–Crippen MR) is 77.4 cm³/mol. The first-order chi connectivity index (χ1) is 10.7. The van der Waals surface area contributed by atoms with Crippen LogP contribution in [0.15, 0.2) is 24.3 Å². The van der Waals surface area contributed by atoms with Crippen LogP contribution in [0.4, 0.5) is 0 Å². The van der Waals surface area contributed by atoms with Crippen molar-refractivity contribution in [1.82, 2.24) is 10.2 Å². The van der Waals surface area contributed by atoms with Crippen molar-refractivity contribution >= 4 is 11.8 Å². The van der Waals surface area contributed by atoms with Crippen LogP contribution in [0.3, 0.4) is 0 Å². The SMILES string of the molecule is CNC1(C2OCC(N3C(=O)c4ccccc4C3=O)CO2)CC1. The molecule has 0 atom stereocenters. The molecule has 0 spiro atoms. The Hall–Kier alpha value is -1.76. The van der Waals surface area contributed by atoms with E-state index < -0.39 is 0 Å². The van der Waals surface area contributed by atoms with Crippen molar-refractivity contribution in [1.29, 1.82) is 0 Å². The fraction of sp³-hybridized carbons (Fsp3) is 0.500. The van der Waals surface area contributed by atoms with Crippen LogP contribution in [0.2, 0.25) is 0 Å². The van der Waals surface area contributed by atoms with Gasteiger partial charge in [-0.1, -0.05) is 12.1 Å². The monoisotopic (exact) mass is 302 g/mol. The number of benzene rings is 1. The number of hydrogen-bond donors (Lipinski definition) is 1. The number of carbonyl (C=O) groups is 2. The molecule has 2 fully saturated rings. The second-order valence-electron chi connectivity index (χ2n) is 6.08. The lowest BCUT2D eigenvalue weighted by Gasteiger charge is -2.37. The third-order valence-electron chi connectivity index (χ3n) is 4.81. The van der Waals surface area contributed by atoms with Crippen molar-refractivity contribution in [3.05, 3.63) is 35.4 Å². The lowest BCUT2D eigenvalue weighted by molar-refractivity contribution is -0.215. The van der Waals surface area contributed by atoms with Crippen LogP contribution in [0.1, 0.15) is 33.6 Å². The average molecular weight is 302 g/mol. The van der Waals surface area contributed by atoms with Gasteiger partial charge in [0, 0.05) is 0 Å². The summed E-state index contributed by atoms with van der Waals surface area (Å²) in [6.45, 7) is 0.638. The molecule has 116 valence electrons. The van der Waals surface area contributed by atoms with Gasteiger partial charge in [-0.3, -0.25) is 14.5 Å². The van der Waals surface area contributed by atoms with Crippen LogP contribution < -0.4 is 5.32 Å². The van der Waals surface area contributed by atoms with E-state index in [4.69, 9.17) is 9.47 Å². The summed E-state index contributed by atoms with van der Waals surface area (Å²) in [4.78, 5) is 26.1. The van der Waals surface area contributed by atoms with Gasteiger partial charge >= 0.3 is 0 Å². The average Bonchev–Trinajstić information content (AvgIpc) is 3.32. The topological polar surface area (TPSA) is 67.9 Å². The Labute approximate surface area is 128 Å². The molecule has 1 aromatic carbocycles. The molecule has 0 radical (unpaired) electrons. The van der Waals surface area contributed by atoms with Crippen LogP contribution in [-0.4, -0.2) is 54.8 Å². The summed E-state index contributed by atoms with van der Waals surface area (Å²) in [5.41, 5.74) is 0.833. The summed E-state index contributed by atoms with van der Waals surface area (Å²) >= 11 is 0. The molecule has 6 nitrogen and oxygen atoms in total. The molecule has 2 amide bonds. The molecule has 0 bridgehead atoms. The van der Waals surface area contributed by atoms with Crippen molar-refractivity contribution in [2.75, 3.05) is 20.3 Å². The second-order valence-corrected chi connectivity index (χ2v) is 6.08. The molecule has 22 heavy (non-hydrogen) atoms. The predicted octanol–water partition coefficient (Wildman–Crippen LogP) is 0.776. The molecule has 1 saturated carbocycles. The zero-order valence-electron chi connectivity index (χ0n) is 12.4. The zero-order chi connectivity index (χ0) is 15.3. The van der Waals surface area contributed by atoms with Gasteiger partial charge in [0.05, 0.1) is 35.9 Å². The van der Waals surface area contributed by atoms with Crippen LogP contribution in [0, 0.1) is 0 Å². The van der Waals surface area contributed by atoms with E-state index in [0.717, 1.165) is 12.8 Å². The number of likely N-dealkylation sites (N-methyl/N-ethyl adjacent to an activating group) is 1. The maximum Gasteiger partial charge on any atom is 0.261 e. The number of imide groups is 1. The Morgan fingerprint density at radius 3 is 2.09 bits per heavy atom. The highest BCUT2D eigenvalue weighted by Gasteiger charge is 2.52. The molecule has 1 aliphatic carbocycles. The van der Waals surface area contributed by atoms with Gasteiger partial charge in [-0.05, 0) is 32.0 Å². The number of amides is 2. The molecule has 2 aliphatic heterocycles. The number of carbonyl (C=O) groups excluding carboxylic acids is 2. The quantitative estimate of drug-likeness (QED) is 0.836. The maximum absolute atomic E-state index is 12.4. The number of hydrogen-bond acceptors (Lipinski definition) is 5. The third-order valence-corrected chi connectivity index (χ3v) is 4.81. The van der Waals surface area contributed by atoms with Gasteiger partial charge in [-0.15, -0.1) is 0 Å². The van der Waals surface area contributed by atoms with Crippen molar-refractivity contribution < 1.29 is 19.1 Å².